The molecule has 5 heteroatoms. The van der Waals surface area contributed by atoms with Crippen LogP contribution in [-0.2, 0) is 4.79 Å². The van der Waals surface area contributed by atoms with Gasteiger partial charge in [-0.3, -0.25) is 9.59 Å². The van der Waals surface area contributed by atoms with Crippen molar-refractivity contribution in [1.82, 2.24) is 4.90 Å². The van der Waals surface area contributed by atoms with Crippen molar-refractivity contribution >= 4 is 12.2 Å². The van der Waals surface area contributed by atoms with E-state index in [9.17, 15) is 9.59 Å². The van der Waals surface area contributed by atoms with Gasteiger partial charge in [0.2, 0.25) is 5.91 Å². The summed E-state index contributed by atoms with van der Waals surface area (Å²) in [6.07, 6.45) is 0.975. The van der Waals surface area contributed by atoms with E-state index in [2.05, 4.69) is 0 Å². The average molecular weight is 251 g/mol. The molecule has 0 saturated heterocycles. The summed E-state index contributed by atoms with van der Waals surface area (Å²) in [7, 11) is 4.90. The van der Waals surface area contributed by atoms with Crippen molar-refractivity contribution in [2.75, 3.05) is 27.8 Å². The third kappa shape index (κ3) is 3.76. The summed E-state index contributed by atoms with van der Waals surface area (Å²) in [5, 5.41) is 0. The summed E-state index contributed by atoms with van der Waals surface area (Å²) in [6, 6.07) is 4.95. The Hall–Kier alpha value is -2.04. The Morgan fingerprint density at radius 3 is 2.67 bits per heavy atom. The SMILES string of the molecule is COc1ccc(OCCC(=O)N(C)C)c(C=O)c1. The molecule has 1 aromatic carbocycles. The Morgan fingerprint density at radius 1 is 1.39 bits per heavy atom. The number of benzene rings is 1. The highest BCUT2D eigenvalue weighted by molar-refractivity contribution is 5.80. The second kappa shape index (κ2) is 6.64. The maximum absolute atomic E-state index is 11.3. The molecule has 0 atom stereocenters. The lowest BCUT2D eigenvalue weighted by atomic mass is 10.2. The molecule has 98 valence electrons. The van der Waals surface area contributed by atoms with E-state index in [1.165, 1.54) is 12.0 Å². The fraction of sp³-hybridized carbons (Fsp3) is 0.385. The molecule has 0 aliphatic heterocycles. The summed E-state index contributed by atoms with van der Waals surface area (Å²) in [5.41, 5.74) is 0.409. The second-order valence-electron chi connectivity index (χ2n) is 3.91. The molecule has 0 spiro atoms. The van der Waals surface area contributed by atoms with Crippen LogP contribution in [0.3, 0.4) is 0 Å². The van der Waals surface area contributed by atoms with Crippen molar-refractivity contribution in [2.45, 2.75) is 6.42 Å². The number of amides is 1. The lowest BCUT2D eigenvalue weighted by Crippen LogP contribution is -2.23. The molecule has 1 rings (SSSR count). The van der Waals surface area contributed by atoms with Crippen LogP contribution < -0.4 is 9.47 Å². The number of methoxy groups -OCH3 is 1. The fourth-order valence-electron chi connectivity index (χ4n) is 1.35. The van der Waals surface area contributed by atoms with Crippen LogP contribution in [0.15, 0.2) is 18.2 Å². The van der Waals surface area contributed by atoms with E-state index >= 15 is 0 Å². The third-order valence-corrected chi connectivity index (χ3v) is 2.42. The molecule has 0 aliphatic carbocycles. The first kappa shape index (κ1) is 14.0. The number of hydrogen-bond donors (Lipinski definition) is 0. The maximum Gasteiger partial charge on any atom is 0.225 e. The minimum absolute atomic E-state index is 0.0174. The van der Waals surface area contributed by atoms with E-state index in [1.807, 2.05) is 0 Å². The number of nitrogens with zero attached hydrogens (tertiary/aromatic N) is 1. The van der Waals surface area contributed by atoms with Gasteiger partial charge in [-0.15, -0.1) is 0 Å². The van der Waals surface area contributed by atoms with Crippen LogP contribution >= 0.6 is 0 Å². The largest absolute Gasteiger partial charge is 0.497 e. The molecule has 0 unspecified atom stereocenters. The molecule has 18 heavy (non-hydrogen) atoms. The highest BCUT2D eigenvalue weighted by atomic mass is 16.5. The van der Waals surface area contributed by atoms with Crippen molar-refractivity contribution in [3.63, 3.8) is 0 Å². The molecule has 0 N–H and O–H groups in total. The predicted octanol–water partition coefficient (Wildman–Crippen LogP) is 1.36. The topological polar surface area (TPSA) is 55.8 Å². The molecule has 0 aliphatic rings. The molecular weight excluding hydrogens is 234 g/mol. The van der Waals surface area contributed by atoms with Crippen LogP contribution in [0.1, 0.15) is 16.8 Å². The Balaban J connectivity index is 2.62. The van der Waals surface area contributed by atoms with Gasteiger partial charge in [-0.25, -0.2) is 0 Å². The van der Waals surface area contributed by atoms with E-state index in [4.69, 9.17) is 9.47 Å². The normalized spacial score (nSPS) is 9.72. The summed E-state index contributed by atoms with van der Waals surface area (Å²) in [5.74, 6) is 1.03. The zero-order valence-electron chi connectivity index (χ0n) is 10.8. The van der Waals surface area contributed by atoms with Gasteiger partial charge < -0.3 is 14.4 Å². The van der Waals surface area contributed by atoms with Gasteiger partial charge in [0.05, 0.1) is 25.7 Å². The standard InChI is InChI=1S/C13H17NO4/c1-14(2)13(16)6-7-18-12-5-4-11(17-3)8-10(12)9-15/h4-5,8-9H,6-7H2,1-3H3. The van der Waals surface area contributed by atoms with Crippen LogP contribution in [-0.4, -0.2) is 44.9 Å². The molecule has 5 nitrogen and oxygen atoms in total. The highest BCUT2D eigenvalue weighted by Crippen LogP contribution is 2.22. The summed E-state index contributed by atoms with van der Waals surface area (Å²) < 4.78 is 10.4. The number of ether oxygens (including phenoxy) is 2. The predicted molar refractivity (Wildman–Crippen MR) is 67.2 cm³/mol. The maximum atomic E-state index is 11.3. The minimum atomic E-state index is -0.0174. The van der Waals surface area contributed by atoms with Gasteiger partial charge in [0.25, 0.3) is 0 Å². The zero-order valence-corrected chi connectivity index (χ0v) is 10.8. The van der Waals surface area contributed by atoms with Gasteiger partial charge in [0, 0.05) is 14.1 Å². The summed E-state index contributed by atoms with van der Waals surface area (Å²) >= 11 is 0. The van der Waals surface area contributed by atoms with Gasteiger partial charge in [-0.05, 0) is 18.2 Å². The van der Waals surface area contributed by atoms with Crippen LogP contribution in [0.2, 0.25) is 0 Å². The highest BCUT2D eigenvalue weighted by Gasteiger charge is 2.07. The average Bonchev–Trinajstić information content (AvgIpc) is 2.38. The van der Waals surface area contributed by atoms with Crippen molar-refractivity contribution in [1.29, 1.82) is 0 Å². The smallest absolute Gasteiger partial charge is 0.225 e. The van der Waals surface area contributed by atoms with E-state index in [0.29, 0.717) is 23.3 Å². The number of hydrogen-bond acceptors (Lipinski definition) is 4. The molecule has 0 bridgehead atoms. The Morgan fingerprint density at radius 2 is 2.11 bits per heavy atom. The quantitative estimate of drug-likeness (QED) is 0.716. The van der Waals surface area contributed by atoms with E-state index in [0.717, 1.165) is 0 Å². The van der Waals surface area contributed by atoms with Crippen LogP contribution in [0.25, 0.3) is 0 Å². The molecule has 0 saturated carbocycles. The van der Waals surface area contributed by atoms with E-state index in [1.54, 1.807) is 32.3 Å². The molecule has 0 aromatic heterocycles. The summed E-state index contributed by atoms with van der Waals surface area (Å²) in [4.78, 5) is 23.7. The Bertz CT molecular complexity index is 429. The number of carbonyl (C=O) groups is 2. The molecule has 1 aromatic rings. The first-order chi connectivity index (χ1) is 8.58. The molecular formula is C13H17NO4. The van der Waals surface area contributed by atoms with Gasteiger partial charge >= 0.3 is 0 Å². The molecule has 0 radical (unpaired) electrons. The Kier molecular flexibility index (Phi) is 5.17. The third-order valence-electron chi connectivity index (χ3n) is 2.42. The van der Waals surface area contributed by atoms with Gasteiger partial charge in [0.15, 0.2) is 6.29 Å². The van der Waals surface area contributed by atoms with Crippen LogP contribution in [0.4, 0.5) is 0 Å². The van der Waals surface area contributed by atoms with Crippen molar-refractivity contribution in [2.24, 2.45) is 0 Å². The van der Waals surface area contributed by atoms with Gasteiger partial charge in [-0.1, -0.05) is 0 Å². The number of aldehydes is 1. The summed E-state index contributed by atoms with van der Waals surface area (Å²) in [6.45, 7) is 0.240. The van der Waals surface area contributed by atoms with Crippen molar-refractivity contribution in [3.8, 4) is 11.5 Å². The zero-order chi connectivity index (χ0) is 13.5. The Labute approximate surface area is 106 Å². The second-order valence-corrected chi connectivity index (χ2v) is 3.91. The molecule has 0 fully saturated rings. The van der Waals surface area contributed by atoms with E-state index < -0.39 is 0 Å². The minimum Gasteiger partial charge on any atom is -0.497 e. The number of carbonyl (C=O) groups excluding carboxylic acids is 2. The van der Waals surface area contributed by atoms with E-state index in [-0.39, 0.29) is 18.9 Å². The monoisotopic (exact) mass is 251 g/mol. The van der Waals surface area contributed by atoms with Gasteiger partial charge in [0.1, 0.15) is 11.5 Å². The van der Waals surface area contributed by atoms with Gasteiger partial charge in [-0.2, -0.15) is 0 Å². The van der Waals surface area contributed by atoms with Crippen molar-refractivity contribution in [3.05, 3.63) is 23.8 Å². The lowest BCUT2D eigenvalue weighted by Gasteiger charge is -2.12. The van der Waals surface area contributed by atoms with Crippen LogP contribution in [0.5, 0.6) is 11.5 Å². The first-order valence-electron chi connectivity index (χ1n) is 5.54. The molecule has 0 heterocycles. The lowest BCUT2D eigenvalue weighted by molar-refractivity contribution is -0.129. The fourth-order valence-corrected chi connectivity index (χ4v) is 1.35. The van der Waals surface area contributed by atoms with Crippen LogP contribution in [0, 0.1) is 0 Å². The first-order valence-corrected chi connectivity index (χ1v) is 5.54. The molecule has 1 amide bonds. The van der Waals surface area contributed by atoms with Crippen molar-refractivity contribution < 1.29 is 19.1 Å². The number of rotatable bonds is 6.